The van der Waals surface area contributed by atoms with Crippen LogP contribution in [0.4, 0.5) is 0 Å². The zero-order valence-corrected chi connectivity index (χ0v) is 12.5. The van der Waals surface area contributed by atoms with E-state index < -0.39 is 17.9 Å². The van der Waals surface area contributed by atoms with E-state index in [-0.39, 0.29) is 20.8 Å². The number of hydrogen-bond acceptors (Lipinski definition) is 3. The molecule has 108 valence electrons. The molecule has 0 aromatic carbocycles. The lowest BCUT2D eigenvalue weighted by molar-refractivity contribution is -0.143. The Morgan fingerprint density at radius 1 is 1.25 bits per heavy atom. The average Bonchev–Trinajstić information content (AvgIpc) is 2.44. The molecule has 1 saturated heterocycles. The van der Waals surface area contributed by atoms with Gasteiger partial charge in [0.1, 0.15) is 11.7 Å². The number of likely N-dealkylation sites (tertiary alicyclic amines) is 1. The van der Waals surface area contributed by atoms with E-state index in [9.17, 15) is 14.7 Å². The van der Waals surface area contributed by atoms with Crippen molar-refractivity contribution in [1.82, 2.24) is 9.88 Å². The largest absolute Gasteiger partial charge is 0.480 e. The highest BCUT2D eigenvalue weighted by Crippen LogP contribution is 2.32. The van der Waals surface area contributed by atoms with Crippen molar-refractivity contribution in [3.05, 3.63) is 27.0 Å². The fourth-order valence-electron chi connectivity index (χ4n) is 2.16. The van der Waals surface area contributed by atoms with E-state index in [0.29, 0.717) is 13.0 Å². The maximum Gasteiger partial charge on any atom is 0.326 e. The van der Waals surface area contributed by atoms with Gasteiger partial charge in [0, 0.05) is 12.7 Å². The molecule has 1 fully saturated rings. The smallest absolute Gasteiger partial charge is 0.326 e. The van der Waals surface area contributed by atoms with E-state index >= 15 is 0 Å². The van der Waals surface area contributed by atoms with Crippen molar-refractivity contribution in [3.8, 4) is 0 Å². The number of carbonyl (C=O) groups is 2. The summed E-state index contributed by atoms with van der Waals surface area (Å²) in [6.45, 7) is 0.355. The minimum absolute atomic E-state index is 0.0376. The molecule has 2 rings (SSSR count). The molecule has 0 bridgehead atoms. The fraction of sp³-hybridized carbons (Fsp3) is 0.417. The van der Waals surface area contributed by atoms with Crippen LogP contribution in [0.5, 0.6) is 0 Å². The van der Waals surface area contributed by atoms with Gasteiger partial charge >= 0.3 is 5.97 Å². The molecule has 0 saturated carbocycles. The Bertz CT molecular complexity index is 565. The Morgan fingerprint density at radius 3 is 2.60 bits per heavy atom. The Hall–Kier alpha value is -1.04. The molecule has 2 heterocycles. The van der Waals surface area contributed by atoms with Gasteiger partial charge in [-0.3, -0.25) is 4.79 Å². The summed E-state index contributed by atoms with van der Waals surface area (Å²) in [7, 11) is 0. The van der Waals surface area contributed by atoms with Crippen LogP contribution in [0, 0.1) is 0 Å². The quantitative estimate of drug-likeness (QED) is 0.900. The number of carbonyl (C=O) groups excluding carboxylic acids is 1. The van der Waals surface area contributed by atoms with Gasteiger partial charge in [0.05, 0.1) is 15.1 Å². The highest BCUT2D eigenvalue weighted by molar-refractivity contribution is 6.48. The SMILES string of the molecule is O=C(O)C1CCCCN1C(=O)c1ncc(Cl)c(Cl)c1Cl. The second kappa shape index (κ2) is 6.16. The van der Waals surface area contributed by atoms with E-state index in [4.69, 9.17) is 34.8 Å². The van der Waals surface area contributed by atoms with Gasteiger partial charge in [-0.15, -0.1) is 0 Å². The summed E-state index contributed by atoms with van der Waals surface area (Å²) in [5.41, 5.74) is -0.0748. The van der Waals surface area contributed by atoms with Gasteiger partial charge in [-0.05, 0) is 19.3 Å². The summed E-state index contributed by atoms with van der Waals surface area (Å²) in [5.74, 6) is -1.57. The predicted octanol–water partition coefficient (Wildman–Crippen LogP) is 3.12. The van der Waals surface area contributed by atoms with E-state index in [1.54, 1.807) is 0 Å². The maximum atomic E-state index is 12.4. The molecular formula is C12H11Cl3N2O3. The van der Waals surface area contributed by atoms with E-state index in [1.807, 2.05) is 0 Å². The number of nitrogens with zero attached hydrogens (tertiary/aromatic N) is 2. The van der Waals surface area contributed by atoms with Gasteiger partial charge in [0.15, 0.2) is 0 Å². The number of carboxylic acid groups (broad SMARTS) is 1. The lowest BCUT2D eigenvalue weighted by Gasteiger charge is -2.32. The summed E-state index contributed by atoms with van der Waals surface area (Å²) in [5, 5.41) is 9.30. The minimum Gasteiger partial charge on any atom is -0.480 e. The summed E-state index contributed by atoms with van der Waals surface area (Å²) >= 11 is 17.6. The van der Waals surface area contributed by atoms with Crippen molar-refractivity contribution in [3.63, 3.8) is 0 Å². The van der Waals surface area contributed by atoms with Crippen LogP contribution >= 0.6 is 34.8 Å². The molecule has 20 heavy (non-hydrogen) atoms. The third kappa shape index (κ3) is 2.85. The Labute approximate surface area is 130 Å². The molecular weight excluding hydrogens is 327 g/mol. The highest BCUT2D eigenvalue weighted by atomic mass is 35.5. The van der Waals surface area contributed by atoms with Crippen LogP contribution in [-0.2, 0) is 4.79 Å². The molecule has 1 aliphatic rings. The number of amides is 1. The van der Waals surface area contributed by atoms with Crippen LogP contribution in [0.3, 0.4) is 0 Å². The molecule has 1 unspecified atom stereocenters. The first-order chi connectivity index (χ1) is 9.43. The molecule has 1 atom stereocenters. The standard InChI is InChI=1S/C12H11Cl3N2O3/c13-6-5-16-10(9(15)8(6)14)11(18)17-4-2-1-3-7(17)12(19)20/h5,7H,1-4H2,(H,19,20). The van der Waals surface area contributed by atoms with Crippen LogP contribution in [0.1, 0.15) is 29.8 Å². The Balaban J connectivity index is 2.35. The van der Waals surface area contributed by atoms with Gasteiger partial charge in [0.2, 0.25) is 0 Å². The number of halogens is 3. The normalized spacial score (nSPS) is 18.9. The third-order valence-electron chi connectivity index (χ3n) is 3.17. The van der Waals surface area contributed by atoms with Gasteiger partial charge in [-0.1, -0.05) is 34.8 Å². The topological polar surface area (TPSA) is 70.5 Å². The summed E-state index contributed by atoms with van der Waals surface area (Å²) < 4.78 is 0. The van der Waals surface area contributed by atoms with Crippen molar-refractivity contribution in [1.29, 1.82) is 0 Å². The number of carboxylic acids is 1. The number of rotatable bonds is 2. The molecule has 1 amide bonds. The van der Waals surface area contributed by atoms with E-state index in [2.05, 4.69) is 4.98 Å². The molecule has 5 nitrogen and oxygen atoms in total. The second-order valence-electron chi connectivity index (χ2n) is 4.43. The fourth-order valence-corrected chi connectivity index (χ4v) is 2.72. The van der Waals surface area contributed by atoms with Crippen molar-refractivity contribution in [2.45, 2.75) is 25.3 Å². The van der Waals surface area contributed by atoms with Crippen molar-refractivity contribution < 1.29 is 14.7 Å². The van der Waals surface area contributed by atoms with Gasteiger partial charge in [0.25, 0.3) is 5.91 Å². The molecule has 1 aromatic heterocycles. The van der Waals surface area contributed by atoms with E-state index in [0.717, 1.165) is 12.8 Å². The maximum absolute atomic E-state index is 12.4. The summed E-state index contributed by atoms with van der Waals surface area (Å²) in [6.07, 6.45) is 3.15. The zero-order chi connectivity index (χ0) is 14.9. The summed E-state index contributed by atoms with van der Waals surface area (Å²) in [4.78, 5) is 28.8. The highest BCUT2D eigenvalue weighted by Gasteiger charge is 2.34. The first kappa shape index (κ1) is 15.4. The molecule has 0 aliphatic carbocycles. The first-order valence-electron chi connectivity index (χ1n) is 5.96. The van der Waals surface area contributed by atoms with Crippen molar-refractivity contribution in [2.75, 3.05) is 6.54 Å². The lowest BCUT2D eigenvalue weighted by Crippen LogP contribution is -2.48. The summed E-state index contributed by atoms with van der Waals surface area (Å²) in [6, 6.07) is -0.858. The molecule has 1 aromatic rings. The number of hydrogen-bond donors (Lipinski definition) is 1. The van der Waals surface area contributed by atoms with Crippen LogP contribution in [0.2, 0.25) is 15.1 Å². The van der Waals surface area contributed by atoms with Crippen molar-refractivity contribution >= 4 is 46.7 Å². The molecule has 0 radical (unpaired) electrons. The number of aliphatic carboxylic acids is 1. The van der Waals surface area contributed by atoms with E-state index in [1.165, 1.54) is 11.1 Å². The number of pyridine rings is 1. The van der Waals surface area contributed by atoms with Crippen LogP contribution in [-0.4, -0.2) is 39.5 Å². The molecule has 1 aliphatic heterocycles. The first-order valence-corrected chi connectivity index (χ1v) is 7.10. The van der Waals surface area contributed by atoms with Crippen LogP contribution < -0.4 is 0 Å². The number of piperidine rings is 1. The Kier molecular flexibility index (Phi) is 4.73. The lowest BCUT2D eigenvalue weighted by atomic mass is 10.0. The average molecular weight is 338 g/mol. The number of aromatic nitrogens is 1. The van der Waals surface area contributed by atoms with Crippen LogP contribution in [0.15, 0.2) is 6.20 Å². The van der Waals surface area contributed by atoms with Crippen LogP contribution in [0.25, 0.3) is 0 Å². The zero-order valence-electron chi connectivity index (χ0n) is 10.3. The van der Waals surface area contributed by atoms with Gasteiger partial charge < -0.3 is 10.0 Å². The molecule has 1 N–H and O–H groups in total. The van der Waals surface area contributed by atoms with Gasteiger partial charge in [-0.25, -0.2) is 9.78 Å². The minimum atomic E-state index is -1.03. The third-order valence-corrected chi connectivity index (χ3v) is 4.41. The monoisotopic (exact) mass is 336 g/mol. The molecule has 0 spiro atoms. The second-order valence-corrected chi connectivity index (χ2v) is 5.59. The predicted molar refractivity (Wildman–Crippen MR) is 75.6 cm³/mol. The Morgan fingerprint density at radius 2 is 1.95 bits per heavy atom. The van der Waals surface area contributed by atoms with Gasteiger partial charge in [-0.2, -0.15) is 0 Å². The molecule has 8 heteroatoms. The van der Waals surface area contributed by atoms with Crippen molar-refractivity contribution in [2.24, 2.45) is 0 Å².